The number of rotatable bonds is 6. The molecule has 0 unspecified atom stereocenters. The van der Waals surface area contributed by atoms with E-state index in [9.17, 15) is 22.8 Å². The van der Waals surface area contributed by atoms with Crippen LogP contribution >= 0.6 is 0 Å². The van der Waals surface area contributed by atoms with Crippen LogP contribution in [0.3, 0.4) is 0 Å². The van der Waals surface area contributed by atoms with E-state index in [2.05, 4.69) is 0 Å². The lowest BCUT2D eigenvalue weighted by atomic mass is 10.0. The smallest absolute Gasteiger partial charge is 0.471 e. The molecule has 0 saturated heterocycles. The molecule has 0 radical (unpaired) electrons. The van der Waals surface area contributed by atoms with Gasteiger partial charge >= 0.3 is 18.1 Å². The van der Waals surface area contributed by atoms with Crippen LogP contribution in [0.15, 0.2) is 30.3 Å². The number of carboxylic acid groups (broad SMARTS) is 1. The van der Waals surface area contributed by atoms with Gasteiger partial charge in [-0.3, -0.25) is 9.59 Å². The summed E-state index contributed by atoms with van der Waals surface area (Å²) in [6, 6.07) is 7.85. The third-order valence-electron chi connectivity index (χ3n) is 2.64. The molecule has 1 atom stereocenters. The van der Waals surface area contributed by atoms with E-state index in [4.69, 9.17) is 5.11 Å². The Balaban J connectivity index is 2.60. The average Bonchev–Trinajstić information content (AvgIpc) is 2.35. The number of benzene rings is 1. The van der Waals surface area contributed by atoms with Crippen molar-refractivity contribution in [2.75, 3.05) is 0 Å². The highest BCUT2D eigenvalue weighted by Gasteiger charge is 2.39. The number of aliphatic carboxylic acids is 1. The maximum absolute atomic E-state index is 12.2. The van der Waals surface area contributed by atoms with Gasteiger partial charge in [0, 0.05) is 6.04 Å². The lowest BCUT2D eigenvalue weighted by Gasteiger charge is -2.18. The molecule has 7 heteroatoms. The Morgan fingerprint density at radius 1 is 1.20 bits per heavy atom. The van der Waals surface area contributed by atoms with Crippen molar-refractivity contribution in [3.05, 3.63) is 35.9 Å². The van der Waals surface area contributed by atoms with Gasteiger partial charge in [0.2, 0.25) is 0 Å². The van der Waals surface area contributed by atoms with Crippen LogP contribution in [0.4, 0.5) is 13.2 Å². The number of aryl methyl sites for hydroxylation is 1. The second-order valence-electron chi connectivity index (χ2n) is 4.29. The first-order valence-corrected chi connectivity index (χ1v) is 5.92. The second-order valence-corrected chi connectivity index (χ2v) is 4.29. The van der Waals surface area contributed by atoms with E-state index in [1.165, 1.54) is 0 Å². The van der Waals surface area contributed by atoms with Crippen molar-refractivity contribution in [1.82, 2.24) is 5.32 Å². The lowest BCUT2D eigenvalue weighted by Crippen LogP contribution is -2.44. The van der Waals surface area contributed by atoms with E-state index in [0.717, 1.165) is 5.56 Å². The summed E-state index contributed by atoms with van der Waals surface area (Å²) in [6.07, 6.45) is -5.05. The summed E-state index contributed by atoms with van der Waals surface area (Å²) in [5.41, 5.74) is 0.865. The molecular weight excluding hydrogens is 275 g/mol. The highest BCUT2D eigenvalue weighted by molar-refractivity contribution is 5.82. The molecule has 0 spiro atoms. The van der Waals surface area contributed by atoms with Gasteiger partial charge in [-0.05, 0) is 18.4 Å². The Bertz CT molecular complexity index is 460. The van der Waals surface area contributed by atoms with Crippen LogP contribution in [0, 0.1) is 0 Å². The molecule has 4 nitrogen and oxygen atoms in total. The molecule has 0 aliphatic rings. The molecule has 2 N–H and O–H groups in total. The molecule has 0 fully saturated rings. The SMILES string of the molecule is O=C(O)C[C@H](CCc1ccccc1)NC(=O)C(F)(F)F. The standard InChI is InChI=1S/C13H14F3NO3/c14-13(15,16)12(20)17-10(8-11(18)19)7-6-9-4-2-1-3-5-9/h1-5,10H,6-8H2,(H,17,20)(H,18,19)/t10-/m0/s1. The average molecular weight is 289 g/mol. The van der Waals surface area contributed by atoms with Gasteiger partial charge in [0.15, 0.2) is 0 Å². The van der Waals surface area contributed by atoms with Crippen LogP contribution in [-0.2, 0) is 16.0 Å². The molecular formula is C13H14F3NO3. The first-order valence-electron chi connectivity index (χ1n) is 5.92. The lowest BCUT2D eigenvalue weighted by molar-refractivity contribution is -0.174. The van der Waals surface area contributed by atoms with E-state index in [1.54, 1.807) is 35.6 Å². The van der Waals surface area contributed by atoms with Crippen LogP contribution in [0.1, 0.15) is 18.4 Å². The van der Waals surface area contributed by atoms with Crippen LogP contribution < -0.4 is 5.32 Å². The number of carbonyl (C=O) groups excluding carboxylic acids is 1. The van der Waals surface area contributed by atoms with Gasteiger partial charge in [-0.2, -0.15) is 13.2 Å². The molecule has 0 aliphatic carbocycles. The summed E-state index contributed by atoms with van der Waals surface area (Å²) in [4.78, 5) is 21.5. The highest BCUT2D eigenvalue weighted by Crippen LogP contribution is 2.16. The minimum Gasteiger partial charge on any atom is -0.481 e. The minimum atomic E-state index is -5.01. The van der Waals surface area contributed by atoms with Crippen molar-refractivity contribution >= 4 is 11.9 Å². The van der Waals surface area contributed by atoms with Crippen molar-refractivity contribution < 1.29 is 27.9 Å². The predicted molar refractivity (Wildman–Crippen MR) is 65.0 cm³/mol. The fourth-order valence-corrected chi connectivity index (χ4v) is 1.69. The number of carbonyl (C=O) groups is 2. The molecule has 0 saturated carbocycles. The number of nitrogens with one attached hydrogen (secondary N) is 1. The molecule has 0 bridgehead atoms. The fourth-order valence-electron chi connectivity index (χ4n) is 1.69. The summed E-state index contributed by atoms with van der Waals surface area (Å²) in [6.45, 7) is 0. The quantitative estimate of drug-likeness (QED) is 0.843. The summed E-state index contributed by atoms with van der Waals surface area (Å²) in [5, 5.41) is 10.4. The fraction of sp³-hybridized carbons (Fsp3) is 0.385. The molecule has 1 aromatic carbocycles. The van der Waals surface area contributed by atoms with Crippen molar-refractivity contribution in [1.29, 1.82) is 0 Å². The maximum atomic E-state index is 12.2. The summed E-state index contributed by atoms with van der Waals surface area (Å²) < 4.78 is 36.5. The third kappa shape index (κ3) is 5.73. The molecule has 1 aromatic rings. The van der Waals surface area contributed by atoms with Crippen LogP contribution in [0.2, 0.25) is 0 Å². The minimum absolute atomic E-state index is 0.123. The Labute approximate surface area is 113 Å². The molecule has 0 heterocycles. The highest BCUT2D eigenvalue weighted by atomic mass is 19.4. The van der Waals surface area contributed by atoms with E-state index < -0.39 is 30.5 Å². The van der Waals surface area contributed by atoms with E-state index in [0.29, 0.717) is 6.42 Å². The van der Waals surface area contributed by atoms with Gasteiger partial charge in [0.1, 0.15) is 0 Å². The molecule has 110 valence electrons. The van der Waals surface area contributed by atoms with E-state index >= 15 is 0 Å². The number of amides is 1. The number of halogens is 3. The number of hydrogen-bond donors (Lipinski definition) is 2. The van der Waals surface area contributed by atoms with Crippen LogP contribution in [0.5, 0.6) is 0 Å². The number of carboxylic acids is 1. The van der Waals surface area contributed by atoms with Gasteiger partial charge in [0.05, 0.1) is 6.42 Å². The van der Waals surface area contributed by atoms with E-state index in [1.807, 2.05) is 0 Å². The van der Waals surface area contributed by atoms with Gasteiger partial charge in [0.25, 0.3) is 0 Å². The van der Waals surface area contributed by atoms with Gasteiger partial charge in [-0.15, -0.1) is 0 Å². The van der Waals surface area contributed by atoms with Crippen molar-refractivity contribution in [2.24, 2.45) is 0 Å². The molecule has 20 heavy (non-hydrogen) atoms. The Hall–Kier alpha value is -2.05. The number of alkyl halides is 3. The van der Waals surface area contributed by atoms with Crippen molar-refractivity contribution in [2.45, 2.75) is 31.5 Å². The summed E-state index contributed by atoms with van der Waals surface area (Å²) in [7, 11) is 0. The van der Waals surface area contributed by atoms with E-state index in [-0.39, 0.29) is 6.42 Å². The molecule has 0 aromatic heterocycles. The van der Waals surface area contributed by atoms with Gasteiger partial charge in [-0.1, -0.05) is 30.3 Å². The molecule has 1 amide bonds. The summed E-state index contributed by atoms with van der Waals surface area (Å²) >= 11 is 0. The third-order valence-corrected chi connectivity index (χ3v) is 2.64. The van der Waals surface area contributed by atoms with Crippen molar-refractivity contribution in [3.8, 4) is 0 Å². The predicted octanol–water partition coefficient (Wildman–Crippen LogP) is 2.14. The second kappa shape index (κ2) is 6.93. The Kier molecular flexibility index (Phi) is 5.54. The first-order chi connectivity index (χ1) is 9.29. The zero-order valence-corrected chi connectivity index (χ0v) is 10.5. The topological polar surface area (TPSA) is 66.4 Å². The summed E-state index contributed by atoms with van der Waals surface area (Å²) in [5.74, 6) is -3.37. The van der Waals surface area contributed by atoms with Crippen LogP contribution in [-0.4, -0.2) is 29.2 Å². The zero-order chi connectivity index (χ0) is 15.2. The van der Waals surface area contributed by atoms with Gasteiger partial charge < -0.3 is 10.4 Å². The van der Waals surface area contributed by atoms with Gasteiger partial charge in [-0.25, -0.2) is 0 Å². The number of hydrogen-bond acceptors (Lipinski definition) is 2. The maximum Gasteiger partial charge on any atom is 0.471 e. The molecule has 0 aliphatic heterocycles. The Morgan fingerprint density at radius 2 is 1.80 bits per heavy atom. The monoisotopic (exact) mass is 289 g/mol. The molecule has 1 rings (SSSR count). The largest absolute Gasteiger partial charge is 0.481 e. The van der Waals surface area contributed by atoms with Crippen molar-refractivity contribution in [3.63, 3.8) is 0 Å². The van der Waals surface area contributed by atoms with Crippen LogP contribution in [0.25, 0.3) is 0 Å². The normalized spacial score (nSPS) is 12.8. The Morgan fingerprint density at radius 3 is 2.30 bits per heavy atom. The zero-order valence-electron chi connectivity index (χ0n) is 10.5. The first kappa shape index (κ1) is 16.0.